The van der Waals surface area contributed by atoms with Gasteiger partial charge in [0.25, 0.3) is 0 Å². The molecule has 0 saturated carbocycles. The molecule has 0 amide bonds. The second-order valence-electron chi connectivity index (χ2n) is 2.35. The van der Waals surface area contributed by atoms with E-state index in [4.69, 9.17) is 0 Å². The number of halogens is 4. The standard InChI is InChI=1S/C8H6F3IS/c1-13-7-4-5(8(9,10)11)2-3-6(7)12/h2-4H,1H3. The van der Waals surface area contributed by atoms with Crippen LogP contribution in [0.4, 0.5) is 13.2 Å². The zero-order chi connectivity index (χ0) is 10.1. The Kier molecular flexibility index (Phi) is 3.50. The smallest absolute Gasteiger partial charge is 0.166 e. The fraction of sp³-hybridized carbons (Fsp3) is 0.250. The monoisotopic (exact) mass is 318 g/mol. The van der Waals surface area contributed by atoms with E-state index in [1.165, 1.54) is 23.9 Å². The van der Waals surface area contributed by atoms with Crippen LogP contribution in [0.15, 0.2) is 23.1 Å². The first-order chi connectivity index (χ1) is 5.95. The van der Waals surface area contributed by atoms with Gasteiger partial charge in [0.05, 0.1) is 5.56 Å². The van der Waals surface area contributed by atoms with E-state index in [0.717, 1.165) is 9.64 Å². The van der Waals surface area contributed by atoms with E-state index in [1.807, 2.05) is 22.6 Å². The van der Waals surface area contributed by atoms with Gasteiger partial charge in [0.15, 0.2) is 0 Å². The molecule has 0 aliphatic heterocycles. The minimum absolute atomic E-state index is 0.586. The lowest BCUT2D eigenvalue weighted by atomic mass is 10.2. The summed E-state index contributed by atoms with van der Waals surface area (Å²) in [4.78, 5) is 0.662. The number of hydrogen-bond donors (Lipinski definition) is 0. The summed E-state index contributed by atoms with van der Waals surface area (Å²) in [7, 11) is 0. The van der Waals surface area contributed by atoms with Crippen LogP contribution in [0.3, 0.4) is 0 Å². The second kappa shape index (κ2) is 4.08. The normalized spacial score (nSPS) is 11.8. The minimum Gasteiger partial charge on any atom is -0.166 e. The van der Waals surface area contributed by atoms with E-state index in [-0.39, 0.29) is 0 Å². The molecule has 0 unspecified atom stereocenters. The molecule has 0 aromatic heterocycles. The van der Waals surface area contributed by atoms with E-state index in [2.05, 4.69) is 0 Å². The quantitative estimate of drug-likeness (QED) is 0.556. The van der Waals surface area contributed by atoms with Crippen LogP contribution in [0.2, 0.25) is 0 Å². The molecule has 1 rings (SSSR count). The van der Waals surface area contributed by atoms with Gasteiger partial charge in [-0.15, -0.1) is 11.8 Å². The summed E-state index contributed by atoms with van der Waals surface area (Å²) in [5.74, 6) is 0. The molecule has 0 spiro atoms. The van der Waals surface area contributed by atoms with Gasteiger partial charge in [-0.2, -0.15) is 13.2 Å². The SMILES string of the molecule is CSc1cc(C(F)(F)F)ccc1I. The van der Waals surface area contributed by atoms with Gasteiger partial charge >= 0.3 is 6.18 Å². The van der Waals surface area contributed by atoms with E-state index < -0.39 is 11.7 Å². The van der Waals surface area contributed by atoms with Crippen molar-refractivity contribution in [3.05, 3.63) is 27.3 Å². The molecular weight excluding hydrogens is 312 g/mol. The summed E-state index contributed by atoms with van der Waals surface area (Å²) >= 11 is 3.34. The molecule has 0 N–H and O–H groups in total. The molecule has 0 heterocycles. The maximum atomic E-state index is 12.2. The van der Waals surface area contributed by atoms with Gasteiger partial charge in [0.1, 0.15) is 0 Å². The summed E-state index contributed by atoms with van der Waals surface area (Å²) in [6, 6.07) is 3.75. The topological polar surface area (TPSA) is 0 Å². The van der Waals surface area contributed by atoms with Gasteiger partial charge in [-0.05, 0) is 47.0 Å². The van der Waals surface area contributed by atoms with Crippen molar-refractivity contribution >= 4 is 34.4 Å². The van der Waals surface area contributed by atoms with Crippen molar-refractivity contribution < 1.29 is 13.2 Å². The Hall–Kier alpha value is 0.0900. The van der Waals surface area contributed by atoms with Crippen molar-refractivity contribution in [3.63, 3.8) is 0 Å². The Labute approximate surface area is 92.0 Å². The number of alkyl halides is 3. The Morgan fingerprint density at radius 2 is 1.92 bits per heavy atom. The maximum absolute atomic E-state index is 12.2. The van der Waals surface area contributed by atoms with E-state index >= 15 is 0 Å². The number of benzene rings is 1. The lowest BCUT2D eigenvalue weighted by Gasteiger charge is -2.08. The first-order valence-corrected chi connectivity index (χ1v) is 5.66. The van der Waals surface area contributed by atoms with Gasteiger partial charge in [-0.3, -0.25) is 0 Å². The summed E-state index contributed by atoms with van der Waals surface area (Å²) in [5.41, 5.74) is -0.586. The van der Waals surface area contributed by atoms with Gasteiger partial charge in [0, 0.05) is 8.47 Å². The van der Waals surface area contributed by atoms with Crippen LogP contribution >= 0.6 is 34.4 Å². The lowest BCUT2D eigenvalue weighted by Crippen LogP contribution is -2.04. The van der Waals surface area contributed by atoms with Crippen LogP contribution < -0.4 is 0 Å². The van der Waals surface area contributed by atoms with Crippen LogP contribution in [-0.2, 0) is 6.18 Å². The summed E-state index contributed by atoms with van der Waals surface area (Å²) in [6.45, 7) is 0. The Bertz CT molecular complexity index is 309. The van der Waals surface area contributed by atoms with Crippen LogP contribution in [0.25, 0.3) is 0 Å². The average molecular weight is 318 g/mol. The van der Waals surface area contributed by atoms with E-state index in [9.17, 15) is 13.2 Å². The molecule has 0 bridgehead atoms. The van der Waals surface area contributed by atoms with Crippen LogP contribution in [0, 0.1) is 3.57 Å². The van der Waals surface area contributed by atoms with Crippen LogP contribution in [0.1, 0.15) is 5.56 Å². The van der Waals surface area contributed by atoms with Gasteiger partial charge < -0.3 is 0 Å². The Morgan fingerprint density at radius 1 is 1.31 bits per heavy atom. The van der Waals surface area contributed by atoms with Crippen molar-refractivity contribution in [3.8, 4) is 0 Å². The minimum atomic E-state index is -4.24. The fourth-order valence-electron chi connectivity index (χ4n) is 0.836. The summed E-state index contributed by atoms with van der Waals surface area (Å²) in [6.07, 6.45) is -2.48. The van der Waals surface area contributed by atoms with Crippen molar-refractivity contribution in [2.45, 2.75) is 11.1 Å². The molecular formula is C8H6F3IS. The molecule has 1 aromatic rings. The van der Waals surface area contributed by atoms with Gasteiger partial charge in [-0.25, -0.2) is 0 Å². The zero-order valence-electron chi connectivity index (χ0n) is 6.65. The van der Waals surface area contributed by atoms with Crippen molar-refractivity contribution in [2.75, 3.05) is 6.26 Å². The lowest BCUT2D eigenvalue weighted by molar-refractivity contribution is -0.137. The predicted octanol–water partition coefficient (Wildman–Crippen LogP) is 4.03. The van der Waals surface area contributed by atoms with Crippen molar-refractivity contribution in [1.82, 2.24) is 0 Å². The highest BCUT2D eigenvalue weighted by Crippen LogP contribution is 2.33. The van der Waals surface area contributed by atoms with Gasteiger partial charge in [0.2, 0.25) is 0 Å². The molecule has 1 aromatic carbocycles. The molecule has 72 valence electrons. The fourth-order valence-corrected chi connectivity index (χ4v) is 2.34. The molecule has 0 nitrogen and oxygen atoms in total. The maximum Gasteiger partial charge on any atom is 0.416 e. The van der Waals surface area contributed by atoms with Crippen molar-refractivity contribution in [2.24, 2.45) is 0 Å². The van der Waals surface area contributed by atoms with Crippen LogP contribution in [0.5, 0.6) is 0 Å². The molecule has 0 aliphatic carbocycles. The number of thioether (sulfide) groups is 1. The second-order valence-corrected chi connectivity index (χ2v) is 4.36. The molecule has 5 heteroatoms. The molecule has 0 aliphatic rings. The van der Waals surface area contributed by atoms with Crippen molar-refractivity contribution in [1.29, 1.82) is 0 Å². The third kappa shape index (κ3) is 2.77. The number of hydrogen-bond acceptors (Lipinski definition) is 1. The zero-order valence-corrected chi connectivity index (χ0v) is 9.63. The first kappa shape index (κ1) is 11.2. The Balaban J connectivity index is 3.14. The first-order valence-electron chi connectivity index (χ1n) is 3.36. The highest BCUT2D eigenvalue weighted by atomic mass is 127. The predicted molar refractivity (Wildman–Crippen MR) is 55.9 cm³/mol. The highest BCUT2D eigenvalue weighted by Gasteiger charge is 2.30. The molecule has 0 atom stereocenters. The molecule has 13 heavy (non-hydrogen) atoms. The molecule has 0 saturated heterocycles. The summed E-state index contributed by atoms with van der Waals surface area (Å²) < 4.78 is 37.5. The van der Waals surface area contributed by atoms with E-state index in [1.54, 1.807) is 6.26 Å². The van der Waals surface area contributed by atoms with Gasteiger partial charge in [-0.1, -0.05) is 0 Å². The number of rotatable bonds is 1. The third-order valence-electron chi connectivity index (χ3n) is 1.48. The Morgan fingerprint density at radius 3 is 2.38 bits per heavy atom. The largest absolute Gasteiger partial charge is 0.416 e. The average Bonchev–Trinajstić information content (AvgIpc) is 2.03. The highest BCUT2D eigenvalue weighted by molar-refractivity contribution is 14.1. The summed E-state index contributed by atoms with van der Waals surface area (Å²) in [5, 5.41) is 0. The third-order valence-corrected chi connectivity index (χ3v) is 3.56. The van der Waals surface area contributed by atoms with E-state index in [0.29, 0.717) is 4.90 Å². The van der Waals surface area contributed by atoms with Crippen LogP contribution in [-0.4, -0.2) is 6.26 Å². The molecule has 0 radical (unpaired) electrons. The molecule has 0 fully saturated rings.